The van der Waals surface area contributed by atoms with Crippen molar-refractivity contribution < 1.29 is 9.47 Å². The van der Waals surface area contributed by atoms with E-state index < -0.39 is 0 Å². The average Bonchev–Trinajstić information content (AvgIpc) is 2.89. The molecule has 4 nitrogen and oxygen atoms in total. The summed E-state index contributed by atoms with van der Waals surface area (Å²) in [6.45, 7) is 2.09. The van der Waals surface area contributed by atoms with Crippen molar-refractivity contribution in [1.82, 2.24) is 9.78 Å². The van der Waals surface area contributed by atoms with Gasteiger partial charge in [0.25, 0.3) is 0 Å². The van der Waals surface area contributed by atoms with Crippen molar-refractivity contribution in [2.75, 3.05) is 14.2 Å². The Morgan fingerprint density at radius 3 is 2.04 bits per heavy atom. The van der Waals surface area contributed by atoms with Gasteiger partial charge in [0.05, 0.1) is 25.6 Å². The first-order chi connectivity index (χ1) is 11.1. The Labute approximate surface area is 136 Å². The molecule has 0 N–H and O–H groups in total. The van der Waals surface area contributed by atoms with Gasteiger partial charge in [0.2, 0.25) is 0 Å². The van der Waals surface area contributed by atoms with E-state index in [0.717, 1.165) is 39.6 Å². The topological polar surface area (TPSA) is 36.3 Å². The van der Waals surface area contributed by atoms with E-state index in [1.54, 1.807) is 14.2 Å². The smallest absolute Gasteiger partial charge is 0.119 e. The maximum atomic E-state index is 5.33. The first-order valence-electron chi connectivity index (χ1n) is 7.46. The van der Waals surface area contributed by atoms with Crippen LogP contribution in [0.5, 0.6) is 11.5 Å². The Bertz CT molecular complexity index is 837. The van der Waals surface area contributed by atoms with Gasteiger partial charge in [0.15, 0.2) is 0 Å². The van der Waals surface area contributed by atoms with Crippen LogP contribution in [-0.2, 0) is 7.05 Å². The molecule has 0 fully saturated rings. The third kappa shape index (κ3) is 2.80. The second-order valence-electron chi connectivity index (χ2n) is 5.41. The van der Waals surface area contributed by atoms with Gasteiger partial charge in [0, 0.05) is 23.7 Å². The molecule has 0 amide bonds. The zero-order valence-electron chi connectivity index (χ0n) is 13.8. The lowest BCUT2D eigenvalue weighted by Crippen LogP contribution is -1.95. The quantitative estimate of drug-likeness (QED) is 0.728. The minimum Gasteiger partial charge on any atom is -0.497 e. The summed E-state index contributed by atoms with van der Waals surface area (Å²) in [4.78, 5) is 0. The molecule has 0 saturated heterocycles. The van der Waals surface area contributed by atoms with Crippen LogP contribution in [0.4, 0.5) is 0 Å². The van der Waals surface area contributed by atoms with Crippen molar-refractivity contribution in [2.45, 2.75) is 6.92 Å². The largest absolute Gasteiger partial charge is 0.497 e. The number of hydrogen-bond donors (Lipinski definition) is 0. The van der Waals surface area contributed by atoms with E-state index in [0.29, 0.717) is 0 Å². The standard InChI is InChI=1S/C19H20N2O2/c1-13-18(14-7-5-9-16(11-14)22-3)20-21(2)19(13)15-8-6-10-17(12-15)23-4/h5-12H,1-4H3. The van der Waals surface area contributed by atoms with Gasteiger partial charge < -0.3 is 9.47 Å². The second-order valence-corrected chi connectivity index (χ2v) is 5.41. The lowest BCUT2D eigenvalue weighted by atomic mass is 10.0. The predicted molar refractivity (Wildman–Crippen MR) is 91.9 cm³/mol. The summed E-state index contributed by atoms with van der Waals surface area (Å²) >= 11 is 0. The predicted octanol–water partition coefficient (Wildman–Crippen LogP) is 4.08. The van der Waals surface area contributed by atoms with Crippen molar-refractivity contribution in [3.63, 3.8) is 0 Å². The molecule has 0 spiro atoms. The van der Waals surface area contributed by atoms with Crippen molar-refractivity contribution in [3.8, 4) is 34.0 Å². The summed E-state index contributed by atoms with van der Waals surface area (Å²) in [5.74, 6) is 1.67. The fourth-order valence-corrected chi connectivity index (χ4v) is 2.85. The van der Waals surface area contributed by atoms with E-state index in [1.165, 1.54) is 0 Å². The molecular weight excluding hydrogens is 288 g/mol. The summed E-state index contributed by atoms with van der Waals surface area (Å²) in [5, 5.41) is 4.71. The molecule has 0 bridgehead atoms. The van der Waals surface area contributed by atoms with Crippen LogP contribution in [0.1, 0.15) is 5.56 Å². The molecule has 118 valence electrons. The third-order valence-electron chi connectivity index (χ3n) is 3.97. The van der Waals surface area contributed by atoms with E-state index in [4.69, 9.17) is 14.6 Å². The van der Waals surface area contributed by atoms with E-state index in [1.807, 2.05) is 54.2 Å². The highest BCUT2D eigenvalue weighted by atomic mass is 16.5. The highest BCUT2D eigenvalue weighted by Gasteiger charge is 2.16. The maximum absolute atomic E-state index is 5.33. The summed E-state index contributed by atoms with van der Waals surface area (Å²) in [6.07, 6.45) is 0. The fraction of sp³-hybridized carbons (Fsp3) is 0.211. The van der Waals surface area contributed by atoms with Crippen molar-refractivity contribution in [3.05, 3.63) is 54.1 Å². The molecule has 2 aromatic carbocycles. The third-order valence-corrected chi connectivity index (χ3v) is 3.97. The molecule has 0 saturated carbocycles. The van der Waals surface area contributed by atoms with Crippen LogP contribution < -0.4 is 9.47 Å². The summed E-state index contributed by atoms with van der Waals surface area (Å²) in [7, 11) is 5.31. The zero-order chi connectivity index (χ0) is 16.4. The molecule has 0 aliphatic carbocycles. The number of hydrogen-bond acceptors (Lipinski definition) is 3. The van der Waals surface area contributed by atoms with Crippen molar-refractivity contribution in [1.29, 1.82) is 0 Å². The molecule has 0 aliphatic heterocycles. The number of ether oxygens (including phenoxy) is 2. The van der Waals surface area contributed by atoms with Crippen molar-refractivity contribution >= 4 is 0 Å². The van der Waals surface area contributed by atoms with E-state index >= 15 is 0 Å². The van der Waals surface area contributed by atoms with Crippen LogP contribution in [-0.4, -0.2) is 24.0 Å². The van der Waals surface area contributed by atoms with E-state index in [2.05, 4.69) is 13.0 Å². The minimum atomic E-state index is 0.829. The minimum absolute atomic E-state index is 0.829. The lowest BCUT2D eigenvalue weighted by Gasteiger charge is -2.06. The van der Waals surface area contributed by atoms with Crippen LogP contribution in [0.3, 0.4) is 0 Å². The molecule has 4 heteroatoms. The molecule has 1 heterocycles. The number of nitrogens with zero attached hydrogens (tertiary/aromatic N) is 2. The van der Waals surface area contributed by atoms with Gasteiger partial charge in [-0.2, -0.15) is 5.10 Å². The molecule has 0 aliphatic rings. The van der Waals surface area contributed by atoms with Gasteiger partial charge in [0.1, 0.15) is 11.5 Å². The van der Waals surface area contributed by atoms with Gasteiger partial charge in [-0.15, -0.1) is 0 Å². The first kappa shape index (κ1) is 15.2. The normalized spacial score (nSPS) is 10.6. The van der Waals surface area contributed by atoms with Gasteiger partial charge in [-0.3, -0.25) is 4.68 Å². The molecule has 1 aromatic heterocycles. The number of aryl methyl sites for hydroxylation is 1. The Kier molecular flexibility index (Phi) is 4.06. The summed E-state index contributed by atoms with van der Waals surface area (Å²) in [6, 6.07) is 16.0. The molecule has 0 atom stereocenters. The zero-order valence-corrected chi connectivity index (χ0v) is 13.8. The van der Waals surface area contributed by atoms with Gasteiger partial charge in [-0.1, -0.05) is 24.3 Å². The van der Waals surface area contributed by atoms with Gasteiger partial charge >= 0.3 is 0 Å². The van der Waals surface area contributed by atoms with Crippen molar-refractivity contribution in [2.24, 2.45) is 7.05 Å². The van der Waals surface area contributed by atoms with Crippen LogP contribution in [0.25, 0.3) is 22.5 Å². The summed E-state index contributed by atoms with van der Waals surface area (Å²) in [5.41, 5.74) is 5.32. The molecule has 0 radical (unpaired) electrons. The molecule has 0 unspecified atom stereocenters. The Hall–Kier alpha value is -2.75. The number of benzene rings is 2. The van der Waals surface area contributed by atoms with Crippen LogP contribution >= 0.6 is 0 Å². The van der Waals surface area contributed by atoms with Gasteiger partial charge in [-0.05, 0) is 31.2 Å². The SMILES string of the molecule is COc1cccc(-c2nn(C)c(-c3cccc(OC)c3)c2C)c1. The number of rotatable bonds is 4. The molecule has 23 heavy (non-hydrogen) atoms. The van der Waals surface area contributed by atoms with Crippen LogP contribution in [0.2, 0.25) is 0 Å². The highest BCUT2D eigenvalue weighted by Crippen LogP contribution is 2.33. The Balaban J connectivity index is 2.12. The Morgan fingerprint density at radius 1 is 0.870 bits per heavy atom. The van der Waals surface area contributed by atoms with E-state index in [9.17, 15) is 0 Å². The fourth-order valence-electron chi connectivity index (χ4n) is 2.85. The molecule has 3 rings (SSSR count). The van der Waals surface area contributed by atoms with E-state index in [-0.39, 0.29) is 0 Å². The highest BCUT2D eigenvalue weighted by molar-refractivity contribution is 5.75. The molecule has 3 aromatic rings. The summed E-state index contributed by atoms with van der Waals surface area (Å²) < 4.78 is 12.6. The lowest BCUT2D eigenvalue weighted by molar-refractivity contribution is 0.415. The van der Waals surface area contributed by atoms with Gasteiger partial charge in [-0.25, -0.2) is 0 Å². The average molecular weight is 308 g/mol. The monoisotopic (exact) mass is 308 g/mol. The van der Waals surface area contributed by atoms with Crippen LogP contribution in [0.15, 0.2) is 48.5 Å². The molecular formula is C19H20N2O2. The maximum Gasteiger partial charge on any atom is 0.119 e. The number of methoxy groups -OCH3 is 2. The second kappa shape index (κ2) is 6.16. The van der Waals surface area contributed by atoms with Crippen LogP contribution in [0, 0.1) is 6.92 Å². The first-order valence-corrected chi connectivity index (χ1v) is 7.46. The Morgan fingerprint density at radius 2 is 1.43 bits per heavy atom. The number of aromatic nitrogens is 2.